The number of carbonyl (C=O) groups is 1. The zero-order valence-corrected chi connectivity index (χ0v) is 23.3. The van der Waals surface area contributed by atoms with E-state index in [0.29, 0.717) is 35.4 Å². The number of hydrogen-bond donors (Lipinski definition) is 1. The molecule has 0 spiro atoms. The number of fused-ring (bicyclic) bond motifs is 8. The van der Waals surface area contributed by atoms with Gasteiger partial charge in [0.25, 0.3) is 0 Å². The summed E-state index contributed by atoms with van der Waals surface area (Å²) >= 11 is 0. The maximum Gasteiger partial charge on any atom is 0.143 e. The van der Waals surface area contributed by atoms with E-state index >= 15 is 0 Å². The number of aliphatic hydroxyl groups is 1. The fourth-order valence-corrected chi connectivity index (χ4v) is 10.5. The summed E-state index contributed by atoms with van der Waals surface area (Å²) in [6.07, 6.45) is 11.7. The normalized spacial score (nSPS) is 47.7. The molecule has 0 radical (unpaired) electrons. The largest absolute Gasteiger partial charge is 0.396 e. The van der Waals surface area contributed by atoms with Crippen LogP contribution in [0, 0.1) is 51.2 Å². The Hall–Kier alpha value is -1.16. The number of carbonyl (C=O) groups excluding carboxylic acids is 1. The Balaban J connectivity index is 0.00000124. The zero-order chi connectivity index (χ0) is 25.4. The molecule has 9 unspecified atom stereocenters. The second-order valence-electron chi connectivity index (χ2n) is 14.2. The summed E-state index contributed by atoms with van der Waals surface area (Å²) in [6.45, 7) is 16.4. The Morgan fingerprint density at radius 1 is 1.00 bits per heavy atom. The highest BCUT2D eigenvalue weighted by atomic mass is 16.5. The molecule has 9 atom stereocenters. The molecule has 0 saturated heterocycles. The first-order valence-corrected chi connectivity index (χ1v) is 14.6. The van der Waals surface area contributed by atoms with Gasteiger partial charge in [0.05, 0.1) is 6.20 Å². The van der Waals surface area contributed by atoms with Crippen LogP contribution in [-0.4, -0.2) is 22.7 Å². The van der Waals surface area contributed by atoms with E-state index in [0.717, 1.165) is 44.3 Å². The number of aromatic nitrogens is 1. The van der Waals surface area contributed by atoms with E-state index in [9.17, 15) is 9.90 Å². The van der Waals surface area contributed by atoms with E-state index < -0.39 is 0 Å². The van der Waals surface area contributed by atoms with Gasteiger partial charge in [0.1, 0.15) is 11.5 Å². The first kappa shape index (κ1) is 25.5. The summed E-state index contributed by atoms with van der Waals surface area (Å²) in [5.74, 6) is 3.97. The van der Waals surface area contributed by atoms with Crippen LogP contribution in [0.15, 0.2) is 10.7 Å². The molecule has 1 aromatic rings. The van der Waals surface area contributed by atoms with Crippen molar-refractivity contribution in [2.45, 2.75) is 112 Å². The van der Waals surface area contributed by atoms with E-state index in [4.69, 9.17) is 4.52 Å². The molecule has 0 amide bonds. The predicted molar refractivity (Wildman–Crippen MR) is 139 cm³/mol. The SMILES string of the molecule is CC.CC1c2oncc2CC2(C)C1CCC1(C)C3CCC4(CO)CCC(C)(C)CC4C3C(=O)CC21. The second kappa shape index (κ2) is 8.43. The Bertz CT molecular complexity index is 966. The molecule has 0 aliphatic heterocycles. The van der Waals surface area contributed by atoms with Gasteiger partial charge in [-0.25, -0.2) is 0 Å². The lowest BCUT2D eigenvalue weighted by atomic mass is 9.36. The number of rotatable bonds is 1. The number of ketones is 1. The zero-order valence-electron chi connectivity index (χ0n) is 23.3. The van der Waals surface area contributed by atoms with E-state index in [1.54, 1.807) is 0 Å². The lowest BCUT2D eigenvalue weighted by Gasteiger charge is -2.67. The van der Waals surface area contributed by atoms with E-state index in [1.807, 2.05) is 20.0 Å². The molecule has 5 aliphatic carbocycles. The number of aliphatic hydroxyl groups excluding tert-OH is 1. The van der Waals surface area contributed by atoms with E-state index in [2.05, 4.69) is 39.8 Å². The molecule has 6 rings (SSSR count). The van der Waals surface area contributed by atoms with Crippen LogP contribution in [0.4, 0.5) is 0 Å². The third-order valence-electron chi connectivity index (χ3n) is 12.3. The molecule has 4 heteroatoms. The lowest BCUT2D eigenvalue weighted by Crippen LogP contribution is -2.64. The topological polar surface area (TPSA) is 63.3 Å². The molecule has 4 saturated carbocycles. The summed E-state index contributed by atoms with van der Waals surface area (Å²) in [7, 11) is 0. The van der Waals surface area contributed by atoms with Gasteiger partial charge in [-0.15, -0.1) is 0 Å². The van der Waals surface area contributed by atoms with Crippen LogP contribution >= 0.6 is 0 Å². The smallest absolute Gasteiger partial charge is 0.143 e. The molecule has 4 fully saturated rings. The van der Waals surface area contributed by atoms with Gasteiger partial charge in [0.15, 0.2) is 0 Å². The van der Waals surface area contributed by atoms with Crippen LogP contribution in [0.5, 0.6) is 0 Å². The van der Waals surface area contributed by atoms with Crippen molar-refractivity contribution in [2.75, 3.05) is 6.61 Å². The summed E-state index contributed by atoms with van der Waals surface area (Å²) in [5.41, 5.74) is 1.87. The van der Waals surface area contributed by atoms with Crippen molar-refractivity contribution in [1.82, 2.24) is 5.16 Å². The van der Waals surface area contributed by atoms with Crippen molar-refractivity contribution in [1.29, 1.82) is 0 Å². The molecule has 196 valence electrons. The van der Waals surface area contributed by atoms with Gasteiger partial charge in [-0.1, -0.05) is 53.6 Å². The van der Waals surface area contributed by atoms with Gasteiger partial charge < -0.3 is 9.63 Å². The maximum atomic E-state index is 14.1. The Morgan fingerprint density at radius 3 is 2.43 bits per heavy atom. The second-order valence-corrected chi connectivity index (χ2v) is 14.2. The van der Waals surface area contributed by atoms with Crippen LogP contribution < -0.4 is 0 Å². The highest BCUT2D eigenvalue weighted by molar-refractivity contribution is 5.83. The standard InChI is InChI=1S/C29H43NO3.C2H6/c1-17-19-6-8-27(4)20-7-9-29(16-31)11-10-26(2,3)14-21(29)24(20)22(32)12-23(27)28(19,5)13-18-15-30-33-25(17)18;1-2/h15,17,19-21,23-24,31H,6-14,16H2,1-5H3;1-2H3. The van der Waals surface area contributed by atoms with Crippen LogP contribution in [0.1, 0.15) is 117 Å². The van der Waals surface area contributed by atoms with Gasteiger partial charge in [0.2, 0.25) is 0 Å². The Morgan fingerprint density at radius 2 is 1.71 bits per heavy atom. The van der Waals surface area contributed by atoms with Crippen molar-refractivity contribution in [3.63, 3.8) is 0 Å². The first-order valence-electron chi connectivity index (χ1n) is 14.6. The molecule has 0 aromatic carbocycles. The predicted octanol–water partition coefficient (Wildman–Crippen LogP) is 7.20. The number of Topliss-reactive ketones (excluding diaryl/α,β-unsaturated/α-hetero) is 1. The highest BCUT2D eigenvalue weighted by Gasteiger charge is 2.67. The molecule has 4 nitrogen and oxygen atoms in total. The number of nitrogens with zero attached hydrogens (tertiary/aromatic N) is 1. The maximum absolute atomic E-state index is 14.1. The fraction of sp³-hybridized carbons (Fsp3) is 0.871. The van der Waals surface area contributed by atoms with Gasteiger partial charge in [-0.3, -0.25) is 4.79 Å². The molecule has 35 heavy (non-hydrogen) atoms. The van der Waals surface area contributed by atoms with Gasteiger partial charge in [-0.05, 0) is 96.7 Å². The highest BCUT2D eigenvalue weighted by Crippen LogP contribution is 2.71. The molecular formula is C31H49NO3. The van der Waals surface area contributed by atoms with Crippen LogP contribution in [0.3, 0.4) is 0 Å². The minimum absolute atomic E-state index is 0.0205. The van der Waals surface area contributed by atoms with Gasteiger partial charge >= 0.3 is 0 Å². The van der Waals surface area contributed by atoms with Crippen molar-refractivity contribution < 1.29 is 14.4 Å². The molecule has 1 N–H and O–H groups in total. The summed E-state index contributed by atoms with van der Waals surface area (Å²) in [6, 6.07) is 0. The van der Waals surface area contributed by atoms with Crippen molar-refractivity contribution in [2.24, 2.45) is 51.2 Å². The van der Waals surface area contributed by atoms with Crippen LogP contribution in [0.2, 0.25) is 0 Å². The van der Waals surface area contributed by atoms with Gasteiger partial charge in [0, 0.05) is 30.4 Å². The number of hydrogen-bond acceptors (Lipinski definition) is 4. The quantitative estimate of drug-likeness (QED) is 0.458. The van der Waals surface area contributed by atoms with Crippen molar-refractivity contribution >= 4 is 5.78 Å². The third kappa shape index (κ3) is 3.47. The minimum Gasteiger partial charge on any atom is -0.396 e. The fourth-order valence-electron chi connectivity index (χ4n) is 10.5. The first-order chi connectivity index (χ1) is 16.5. The van der Waals surface area contributed by atoms with Crippen LogP contribution in [-0.2, 0) is 11.2 Å². The summed E-state index contributed by atoms with van der Waals surface area (Å²) < 4.78 is 5.69. The molecule has 1 heterocycles. The third-order valence-corrected chi connectivity index (χ3v) is 12.3. The summed E-state index contributed by atoms with van der Waals surface area (Å²) in [4.78, 5) is 14.1. The molecular weight excluding hydrogens is 434 g/mol. The molecule has 0 bridgehead atoms. The molecule has 1 aromatic heterocycles. The minimum atomic E-state index is -0.0205. The Kier molecular flexibility index (Phi) is 6.14. The van der Waals surface area contributed by atoms with E-state index in [1.165, 1.54) is 24.8 Å². The average molecular weight is 484 g/mol. The lowest BCUT2D eigenvalue weighted by molar-refractivity contribution is -0.195. The van der Waals surface area contributed by atoms with Crippen LogP contribution in [0.25, 0.3) is 0 Å². The van der Waals surface area contributed by atoms with Crippen molar-refractivity contribution in [3.8, 4) is 0 Å². The Labute approximate surface area is 213 Å². The average Bonchev–Trinajstić information content (AvgIpc) is 3.29. The summed E-state index contributed by atoms with van der Waals surface area (Å²) in [5, 5.41) is 14.7. The van der Waals surface area contributed by atoms with Crippen molar-refractivity contribution in [3.05, 3.63) is 17.5 Å². The molecule has 5 aliphatic rings. The van der Waals surface area contributed by atoms with Gasteiger partial charge in [-0.2, -0.15) is 0 Å². The monoisotopic (exact) mass is 483 g/mol. The van der Waals surface area contributed by atoms with E-state index in [-0.39, 0.29) is 34.2 Å².